The molecule has 1 amide bonds. The van der Waals surface area contributed by atoms with Gasteiger partial charge in [0.2, 0.25) is 0 Å². The molecule has 6 heteroatoms. The van der Waals surface area contributed by atoms with Gasteiger partial charge in [0.05, 0.1) is 26.0 Å². The Morgan fingerprint density at radius 2 is 1.95 bits per heavy atom. The minimum Gasteiger partial charge on any atom is -0.369 e. The molecule has 0 saturated carbocycles. The van der Waals surface area contributed by atoms with E-state index in [2.05, 4.69) is 4.99 Å². The third-order valence-corrected chi connectivity index (χ3v) is 3.37. The molecule has 1 saturated heterocycles. The maximum atomic E-state index is 12.9. The van der Waals surface area contributed by atoms with E-state index in [1.807, 2.05) is 0 Å². The van der Waals surface area contributed by atoms with Crippen LogP contribution in [0.2, 0.25) is 0 Å². The highest BCUT2D eigenvalue weighted by molar-refractivity contribution is 5.84. The van der Waals surface area contributed by atoms with Crippen molar-refractivity contribution in [3.05, 3.63) is 35.6 Å². The number of halogens is 1. The number of carbonyl (C=O) groups is 1. The number of rotatable bonds is 6. The van der Waals surface area contributed by atoms with E-state index in [1.165, 1.54) is 18.5 Å². The molecule has 0 radical (unpaired) electrons. The zero-order chi connectivity index (χ0) is 16.0. The van der Waals surface area contributed by atoms with Gasteiger partial charge < -0.3 is 14.4 Å². The molecule has 0 bridgehead atoms. The maximum Gasteiger partial charge on any atom is 0.252 e. The molecular formula is C16H21FN2O3. The van der Waals surface area contributed by atoms with Gasteiger partial charge >= 0.3 is 0 Å². The minimum absolute atomic E-state index is 0.0819. The number of aliphatic imine (C=N–C) groups is 1. The van der Waals surface area contributed by atoms with Crippen LogP contribution in [0.3, 0.4) is 0 Å². The summed E-state index contributed by atoms with van der Waals surface area (Å²) in [5.41, 5.74) is 0.976. The summed E-state index contributed by atoms with van der Waals surface area (Å²) in [7, 11) is 3.59. The number of nitrogens with zero attached hydrogens (tertiary/aromatic N) is 2. The van der Waals surface area contributed by atoms with Crippen molar-refractivity contribution in [1.82, 2.24) is 4.90 Å². The molecule has 1 aromatic rings. The molecule has 1 aromatic carbocycles. The molecule has 0 unspecified atom stereocenters. The first-order chi connectivity index (χ1) is 10.5. The number of hydrogen-bond acceptors (Lipinski definition) is 3. The van der Waals surface area contributed by atoms with Gasteiger partial charge in [-0.3, -0.25) is 4.79 Å². The molecule has 22 heavy (non-hydrogen) atoms. The van der Waals surface area contributed by atoms with E-state index in [0.29, 0.717) is 26.1 Å². The fraction of sp³-hybridized carbons (Fsp3) is 0.500. The first-order valence-electron chi connectivity index (χ1n) is 7.25. The van der Waals surface area contributed by atoms with Crippen molar-refractivity contribution in [2.24, 2.45) is 4.99 Å². The summed E-state index contributed by atoms with van der Waals surface area (Å²) >= 11 is 0. The van der Waals surface area contributed by atoms with Crippen molar-refractivity contribution in [1.29, 1.82) is 0 Å². The first-order valence-corrected chi connectivity index (χ1v) is 7.25. The zero-order valence-corrected chi connectivity index (χ0v) is 12.9. The summed E-state index contributed by atoms with van der Waals surface area (Å²) in [6.45, 7) is 0.933. The van der Waals surface area contributed by atoms with Gasteiger partial charge in [-0.25, -0.2) is 9.38 Å². The summed E-state index contributed by atoms with van der Waals surface area (Å²) in [4.78, 5) is 17.5. The highest BCUT2D eigenvalue weighted by Crippen LogP contribution is 2.29. The molecule has 0 aliphatic carbocycles. The lowest BCUT2D eigenvalue weighted by atomic mass is 10.0. The molecule has 1 fully saturated rings. The van der Waals surface area contributed by atoms with Crippen LogP contribution in [-0.4, -0.2) is 50.2 Å². The van der Waals surface area contributed by atoms with Crippen molar-refractivity contribution in [3.63, 3.8) is 0 Å². The van der Waals surface area contributed by atoms with E-state index in [0.717, 1.165) is 5.56 Å². The molecule has 1 aliphatic rings. The van der Waals surface area contributed by atoms with E-state index < -0.39 is 5.79 Å². The Kier molecular flexibility index (Phi) is 5.63. The van der Waals surface area contributed by atoms with Crippen LogP contribution in [0.1, 0.15) is 18.4 Å². The van der Waals surface area contributed by atoms with E-state index in [1.54, 1.807) is 31.1 Å². The third-order valence-electron chi connectivity index (χ3n) is 3.37. The van der Waals surface area contributed by atoms with Gasteiger partial charge in [-0.05, 0) is 24.1 Å². The summed E-state index contributed by atoms with van der Waals surface area (Å²) in [5.74, 6) is -1.47. The third kappa shape index (κ3) is 4.89. The van der Waals surface area contributed by atoms with Crippen LogP contribution in [-0.2, 0) is 20.7 Å². The van der Waals surface area contributed by atoms with Crippen LogP contribution in [0.15, 0.2) is 29.3 Å². The van der Waals surface area contributed by atoms with E-state index in [-0.39, 0.29) is 18.1 Å². The second-order valence-corrected chi connectivity index (χ2v) is 5.51. The van der Waals surface area contributed by atoms with Crippen LogP contribution in [0.25, 0.3) is 0 Å². The van der Waals surface area contributed by atoms with Gasteiger partial charge in [0, 0.05) is 20.5 Å². The normalized spacial score (nSPS) is 17.0. The standard InChI is InChI=1S/C16H21FN2O3/c1-19(2)12-18-15(20)11-16(21-9-10-22-16)8-7-13-3-5-14(17)6-4-13/h3-6,12H,7-11H2,1-2H3/b18-12+. The molecule has 0 N–H and O–H groups in total. The number of aryl methyl sites for hydroxylation is 1. The van der Waals surface area contributed by atoms with Crippen LogP contribution < -0.4 is 0 Å². The second-order valence-electron chi connectivity index (χ2n) is 5.51. The molecule has 120 valence electrons. The molecule has 0 atom stereocenters. The Labute approximate surface area is 129 Å². The Bertz CT molecular complexity index is 523. The fourth-order valence-corrected chi connectivity index (χ4v) is 2.27. The molecule has 2 rings (SSSR count). The Balaban J connectivity index is 1.96. The van der Waals surface area contributed by atoms with Gasteiger partial charge in [-0.2, -0.15) is 0 Å². The van der Waals surface area contributed by atoms with Gasteiger partial charge in [-0.15, -0.1) is 0 Å². The molecule has 0 spiro atoms. The Morgan fingerprint density at radius 3 is 2.55 bits per heavy atom. The van der Waals surface area contributed by atoms with E-state index >= 15 is 0 Å². The Hall–Kier alpha value is -1.79. The lowest BCUT2D eigenvalue weighted by Crippen LogP contribution is -2.33. The minimum atomic E-state index is -0.922. The van der Waals surface area contributed by atoms with Crippen LogP contribution in [0.5, 0.6) is 0 Å². The van der Waals surface area contributed by atoms with Gasteiger partial charge in [-0.1, -0.05) is 12.1 Å². The summed E-state index contributed by atoms with van der Waals surface area (Å²) in [6, 6.07) is 6.30. The van der Waals surface area contributed by atoms with E-state index in [9.17, 15) is 9.18 Å². The first kappa shape index (κ1) is 16.6. The molecule has 1 heterocycles. The molecule has 0 aromatic heterocycles. The monoisotopic (exact) mass is 308 g/mol. The Morgan fingerprint density at radius 1 is 1.32 bits per heavy atom. The molecule has 1 aliphatic heterocycles. The quantitative estimate of drug-likeness (QED) is 0.596. The predicted octanol–water partition coefficient (Wildman–Crippen LogP) is 2.01. The SMILES string of the molecule is CN(C)/C=N/C(=O)CC1(CCc2ccc(F)cc2)OCCO1. The van der Waals surface area contributed by atoms with Crippen molar-refractivity contribution in [3.8, 4) is 0 Å². The highest BCUT2D eigenvalue weighted by atomic mass is 19.1. The lowest BCUT2D eigenvalue weighted by Gasteiger charge is -2.26. The average molecular weight is 308 g/mol. The van der Waals surface area contributed by atoms with Crippen LogP contribution >= 0.6 is 0 Å². The number of amides is 1. The zero-order valence-electron chi connectivity index (χ0n) is 12.9. The van der Waals surface area contributed by atoms with Gasteiger partial charge in [0.1, 0.15) is 5.82 Å². The topological polar surface area (TPSA) is 51.1 Å². The lowest BCUT2D eigenvalue weighted by molar-refractivity contribution is -0.171. The fourth-order valence-electron chi connectivity index (χ4n) is 2.27. The van der Waals surface area contributed by atoms with Gasteiger partial charge in [0.25, 0.3) is 5.91 Å². The average Bonchev–Trinajstić information content (AvgIpc) is 2.93. The largest absolute Gasteiger partial charge is 0.369 e. The van der Waals surface area contributed by atoms with Crippen LogP contribution in [0.4, 0.5) is 4.39 Å². The maximum absolute atomic E-state index is 12.9. The second kappa shape index (κ2) is 7.47. The predicted molar refractivity (Wildman–Crippen MR) is 81.2 cm³/mol. The van der Waals surface area contributed by atoms with Crippen LogP contribution in [0, 0.1) is 5.82 Å². The van der Waals surface area contributed by atoms with E-state index in [4.69, 9.17) is 9.47 Å². The smallest absolute Gasteiger partial charge is 0.252 e. The van der Waals surface area contributed by atoms with Crippen molar-refractivity contribution in [2.45, 2.75) is 25.0 Å². The molecule has 5 nitrogen and oxygen atoms in total. The summed E-state index contributed by atoms with van der Waals surface area (Å²) in [5, 5.41) is 0. The number of hydrogen-bond donors (Lipinski definition) is 0. The van der Waals surface area contributed by atoms with Gasteiger partial charge in [0.15, 0.2) is 5.79 Å². The van der Waals surface area contributed by atoms with Crippen molar-refractivity contribution < 1.29 is 18.7 Å². The molecular weight excluding hydrogens is 287 g/mol. The highest BCUT2D eigenvalue weighted by Gasteiger charge is 2.38. The van der Waals surface area contributed by atoms with Crippen molar-refractivity contribution in [2.75, 3.05) is 27.3 Å². The summed E-state index contributed by atoms with van der Waals surface area (Å²) < 4.78 is 24.2. The number of ether oxygens (including phenoxy) is 2. The van der Waals surface area contributed by atoms with Crippen molar-refractivity contribution >= 4 is 12.2 Å². The summed E-state index contributed by atoms with van der Waals surface area (Å²) in [6.07, 6.45) is 2.72. The number of benzene rings is 1. The number of carbonyl (C=O) groups excluding carboxylic acids is 1.